The highest BCUT2D eigenvalue weighted by molar-refractivity contribution is 5.95. The van der Waals surface area contributed by atoms with Gasteiger partial charge in [0.2, 0.25) is 5.89 Å². The maximum atomic E-state index is 12.4. The van der Waals surface area contributed by atoms with Gasteiger partial charge in [0, 0.05) is 25.7 Å². The van der Waals surface area contributed by atoms with Crippen molar-refractivity contribution in [1.82, 2.24) is 20.4 Å². The van der Waals surface area contributed by atoms with E-state index in [9.17, 15) is 4.79 Å². The summed E-state index contributed by atoms with van der Waals surface area (Å²) in [6.45, 7) is 10.5. The standard InChI is InChI=1S/C19H28N4O4/c1-5-25-14(4)18-21-17(27-22-18)11-23-8-6-15(7-9-23)20-19(24)16-10-12(2)26-13(16)3/h10,14-15H,5-9,11H2,1-4H3,(H,20,24)/t14-/m0/s1. The van der Waals surface area contributed by atoms with Crippen LogP contribution in [0.2, 0.25) is 0 Å². The molecule has 0 bridgehead atoms. The lowest BCUT2D eigenvalue weighted by Gasteiger charge is -2.31. The molecule has 2 aromatic rings. The number of furan rings is 1. The first kappa shape index (κ1) is 19.6. The van der Waals surface area contributed by atoms with Gasteiger partial charge in [-0.25, -0.2) is 0 Å². The molecule has 8 nitrogen and oxygen atoms in total. The van der Waals surface area contributed by atoms with Crippen LogP contribution in [0.5, 0.6) is 0 Å². The van der Waals surface area contributed by atoms with Gasteiger partial charge >= 0.3 is 0 Å². The molecule has 1 N–H and O–H groups in total. The van der Waals surface area contributed by atoms with E-state index in [-0.39, 0.29) is 18.1 Å². The summed E-state index contributed by atoms with van der Waals surface area (Å²) in [6.07, 6.45) is 1.61. The number of amides is 1. The second kappa shape index (κ2) is 8.67. The Morgan fingerprint density at radius 2 is 2.15 bits per heavy atom. The van der Waals surface area contributed by atoms with Crippen molar-refractivity contribution in [3.63, 3.8) is 0 Å². The van der Waals surface area contributed by atoms with Gasteiger partial charge in [-0.1, -0.05) is 5.16 Å². The lowest BCUT2D eigenvalue weighted by molar-refractivity contribution is 0.0683. The molecule has 1 aliphatic rings. The first-order valence-electron chi connectivity index (χ1n) is 9.50. The van der Waals surface area contributed by atoms with E-state index in [0.717, 1.165) is 31.7 Å². The Balaban J connectivity index is 1.46. The average Bonchev–Trinajstić information content (AvgIpc) is 3.23. The van der Waals surface area contributed by atoms with Crippen LogP contribution in [0.3, 0.4) is 0 Å². The minimum atomic E-state index is -0.163. The molecule has 2 aromatic heterocycles. The van der Waals surface area contributed by atoms with E-state index in [2.05, 4.69) is 20.4 Å². The number of carbonyl (C=O) groups excluding carboxylic acids is 1. The van der Waals surface area contributed by atoms with Crippen LogP contribution in [0.1, 0.15) is 66.4 Å². The molecule has 3 heterocycles. The van der Waals surface area contributed by atoms with E-state index >= 15 is 0 Å². The molecule has 27 heavy (non-hydrogen) atoms. The molecule has 0 aliphatic carbocycles. The summed E-state index contributed by atoms with van der Waals surface area (Å²) in [5.41, 5.74) is 0.622. The second-order valence-electron chi connectivity index (χ2n) is 6.99. The Bertz CT molecular complexity index is 762. The minimum Gasteiger partial charge on any atom is -0.466 e. The SMILES string of the molecule is CCO[C@@H](C)c1noc(CN2CCC(NC(=O)c3cc(C)oc3C)CC2)n1. The summed E-state index contributed by atoms with van der Waals surface area (Å²) < 4.78 is 16.3. The van der Waals surface area contributed by atoms with E-state index in [0.29, 0.717) is 36.2 Å². The van der Waals surface area contributed by atoms with Gasteiger partial charge in [-0.05, 0) is 46.6 Å². The third-order valence-electron chi connectivity index (χ3n) is 4.83. The molecule has 0 saturated carbocycles. The van der Waals surface area contributed by atoms with Crippen molar-refractivity contribution in [3.05, 3.63) is 34.9 Å². The van der Waals surface area contributed by atoms with Crippen molar-refractivity contribution in [2.75, 3.05) is 19.7 Å². The quantitative estimate of drug-likeness (QED) is 0.794. The number of ether oxygens (including phenoxy) is 1. The first-order chi connectivity index (χ1) is 13.0. The maximum absolute atomic E-state index is 12.4. The molecule has 148 valence electrons. The number of hydrogen-bond donors (Lipinski definition) is 1. The highest BCUT2D eigenvalue weighted by atomic mass is 16.5. The average molecular weight is 376 g/mol. The van der Waals surface area contributed by atoms with Crippen LogP contribution in [0.15, 0.2) is 15.0 Å². The molecule has 0 radical (unpaired) electrons. The number of rotatable bonds is 7. The van der Waals surface area contributed by atoms with Gasteiger partial charge in [-0.3, -0.25) is 9.69 Å². The lowest BCUT2D eigenvalue weighted by Crippen LogP contribution is -2.44. The fraction of sp³-hybridized carbons (Fsp3) is 0.632. The highest BCUT2D eigenvalue weighted by Crippen LogP contribution is 2.18. The molecule has 1 aliphatic heterocycles. The molecule has 3 rings (SSSR count). The predicted octanol–water partition coefficient (Wildman–Crippen LogP) is 2.77. The minimum absolute atomic E-state index is 0.0609. The second-order valence-corrected chi connectivity index (χ2v) is 6.99. The van der Waals surface area contributed by atoms with Gasteiger partial charge in [-0.2, -0.15) is 4.98 Å². The monoisotopic (exact) mass is 376 g/mol. The Morgan fingerprint density at radius 3 is 2.78 bits per heavy atom. The lowest BCUT2D eigenvalue weighted by atomic mass is 10.0. The number of piperidine rings is 1. The van der Waals surface area contributed by atoms with Crippen LogP contribution in [-0.2, 0) is 11.3 Å². The Kier molecular flexibility index (Phi) is 6.28. The van der Waals surface area contributed by atoms with E-state index < -0.39 is 0 Å². The zero-order valence-electron chi connectivity index (χ0n) is 16.4. The summed E-state index contributed by atoms with van der Waals surface area (Å²) in [5, 5.41) is 7.11. The van der Waals surface area contributed by atoms with Gasteiger partial charge in [-0.15, -0.1) is 0 Å². The zero-order valence-corrected chi connectivity index (χ0v) is 16.4. The molecule has 1 fully saturated rings. The van der Waals surface area contributed by atoms with Gasteiger partial charge in [0.15, 0.2) is 5.82 Å². The number of likely N-dealkylation sites (tertiary alicyclic amines) is 1. The van der Waals surface area contributed by atoms with Crippen molar-refractivity contribution >= 4 is 5.91 Å². The van der Waals surface area contributed by atoms with Crippen molar-refractivity contribution in [2.45, 2.75) is 59.2 Å². The molecule has 1 atom stereocenters. The van der Waals surface area contributed by atoms with Crippen LogP contribution in [0.25, 0.3) is 0 Å². The fourth-order valence-corrected chi connectivity index (χ4v) is 3.37. The normalized spacial score (nSPS) is 17.2. The molecular formula is C19H28N4O4. The largest absolute Gasteiger partial charge is 0.466 e. The Hall–Kier alpha value is -2.19. The van der Waals surface area contributed by atoms with Gasteiger partial charge < -0.3 is 19.0 Å². The van der Waals surface area contributed by atoms with Crippen LogP contribution in [0.4, 0.5) is 0 Å². The van der Waals surface area contributed by atoms with Gasteiger partial charge in [0.1, 0.15) is 17.6 Å². The van der Waals surface area contributed by atoms with E-state index in [1.807, 2.05) is 27.7 Å². The summed E-state index contributed by atoms with van der Waals surface area (Å²) in [5.74, 6) is 2.54. The summed E-state index contributed by atoms with van der Waals surface area (Å²) in [4.78, 5) is 19.1. The highest BCUT2D eigenvalue weighted by Gasteiger charge is 2.24. The molecule has 0 unspecified atom stereocenters. The number of nitrogens with one attached hydrogen (secondary N) is 1. The summed E-state index contributed by atoms with van der Waals surface area (Å²) in [7, 11) is 0. The zero-order chi connectivity index (χ0) is 19.4. The molecule has 0 spiro atoms. The van der Waals surface area contributed by atoms with Crippen molar-refractivity contribution in [3.8, 4) is 0 Å². The third kappa shape index (κ3) is 4.95. The van der Waals surface area contributed by atoms with Crippen molar-refractivity contribution in [1.29, 1.82) is 0 Å². The van der Waals surface area contributed by atoms with E-state index in [4.69, 9.17) is 13.7 Å². The Labute approximate surface area is 159 Å². The smallest absolute Gasteiger partial charge is 0.255 e. The molecule has 0 aromatic carbocycles. The number of nitrogens with zero attached hydrogens (tertiary/aromatic N) is 3. The number of carbonyl (C=O) groups is 1. The number of hydrogen-bond acceptors (Lipinski definition) is 7. The van der Waals surface area contributed by atoms with Crippen LogP contribution in [0, 0.1) is 13.8 Å². The first-order valence-corrected chi connectivity index (χ1v) is 9.50. The van der Waals surface area contributed by atoms with Crippen LogP contribution in [-0.4, -0.2) is 46.7 Å². The van der Waals surface area contributed by atoms with E-state index in [1.165, 1.54) is 0 Å². The van der Waals surface area contributed by atoms with E-state index in [1.54, 1.807) is 6.07 Å². The van der Waals surface area contributed by atoms with Gasteiger partial charge in [0.05, 0.1) is 12.1 Å². The summed E-state index contributed by atoms with van der Waals surface area (Å²) >= 11 is 0. The molecule has 8 heteroatoms. The third-order valence-corrected chi connectivity index (χ3v) is 4.83. The number of aryl methyl sites for hydroxylation is 2. The maximum Gasteiger partial charge on any atom is 0.255 e. The number of aromatic nitrogens is 2. The molecule has 1 saturated heterocycles. The van der Waals surface area contributed by atoms with Crippen LogP contribution < -0.4 is 5.32 Å². The summed E-state index contributed by atoms with van der Waals surface area (Å²) in [6, 6.07) is 1.95. The van der Waals surface area contributed by atoms with Crippen molar-refractivity contribution < 1.29 is 18.5 Å². The van der Waals surface area contributed by atoms with Crippen LogP contribution >= 0.6 is 0 Å². The van der Waals surface area contributed by atoms with Gasteiger partial charge in [0.25, 0.3) is 5.91 Å². The Morgan fingerprint density at radius 1 is 1.41 bits per heavy atom. The van der Waals surface area contributed by atoms with Crippen molar-refractivity contribution in [2.24, 2.45) is 0 Å². The predicted molar refractivity (Wildman–Crippen MR) is 98.3 cm³/mol. The molecular weight excluding hydrogens is 348 g/mol. The fourth-order valence-electron chi connectivity index (χ4n) is 3.37. The molecule has 1 amide bonds. The topological polar surface area (TPSA) is 93.6 Å².